The van der Waals surface area contributed by atoms with Crippen molar-refractivity contribution in [3.63, 3.8) is 0 Å². The van der Waals surface area contributed by atoms with Crippen LogP contribution in [0.3, 0.4) is 0 Å². The van der Waals surface area contributed by atoms with Crippen LogP contribution in [-0.4, -0.2) is 47.1 Å². The Morgan fingerprint density at radius 1 is 1.03 bits per heavy atom. The van der Waals surface area contributed by atoms with Crippen LogP contribution in [0.2, 0.25) is 0 Å². The Morgan fingerprint density at radius 3 is 2.56 bits per heavy atom. The number of piperazine rings is 1. The highest BCUT2D eigenvalue weighted by Crippen LogP contribution is 2.38. The van der Waals surface area contributed by atoms with Gasteiger partial charge >= 0.3 is 6.18 Å². The molecule has 2 aromatic carbocycles. The van der Waals surface area contributed by atoms with Crippen molar-refractivity contribution in [1.82, 2.24) is 14.7 Å². The molecule has 3 heterocycles. The summed E-state index contributed by atoms with van der Waals surface area (Å²) in [4.78, 5) is 16.0. The van der Waals surface area contributed by atoms with Crippen LogP contribution in [-0.2, 0) is 17.6 Å². The third-order valence-corrected chi connectivity index (χ3v) is 6.00. The summed E-state index contributed by atoms with van der Waals surface area (Å²) in [6.45, 7) is 2.45. The zero-order valence-electron chi connectivity index (χ0n) is 17.1. The largest absolute Gasteiger partial charge is 0.488 e. The van der Waals surface area contributed by atoms with Gasteiger partial charge in [-0.2, -0.15) is 18.3 Å². The van der Waals surface area contributed by atoms with Gasteiger partial charge in [-0.25, -0.2) is 4.68 Å². The number of carbonyl (C=O) groups is 1. The molecule has 0 bridgehead atoms. The van der Waals surface area contributed by atoms with E-state index in [0.717, 1.165) is 34.9 Å². The average Bonchev–Trinajstić information content (AvgIpc) is 3.24. The van der Waals surface area contributed by atoms with Gasteiger partial charge in [-0.15, -0.1) is 0 Å². The molecule has 1 aromatic heterocycles. The minimum absolute atomic E-state index is 0.390. The lowest BCUT2D eigenvalue weighted by molar-refractivity contribution is -0.137. The molecule has 0 spiro atoms. The van der Waals surface area contributed by atoms with Crippen molar-refractivity contribution in [3.05, 3.63) is 65.9 Å². The van der Waals surface area contributed by atoms with Crippen molar-refractivity contribution >= 4 is 12.0 Å². The van der Waals surface area contributed by atoms with Crippen LogP contribution < -0.4 is 9.64 Å². The molecule has 2 aliphatic rings. The molecule has 0 N–H and O–H groups in total. The van der Waals surface area contributed by atoms with E-state index in [0.29, 0.717) is 38.5 Å². The van der Waals surface area contributed by atoms with Gasteiger partial charge in [0, 0.05) is 43.0 Å². The molecule has 6 nitrogen and oxygen atoms in total. The molecule has 0 saturated carbocycles. The quantitative estimate of drug-likeness (QED) is 0.572. The zero-order chi connectivity index (χ0) is 22.3. The minimum Gasteiger partial charge on any atom is -0.488 e. The van der Waals surface area contributed by atoms with E-state index in [4.69, 9.17) is 4.74 Å². The van der Waals surface area contributed by atoms with Crippen LogP contribution in [0, 0.1) is 0 Å². The summed E-state index contributed by atoms with van der Waals surface area (Å²) in [6, 6.07) is 13.0. The summed E-state index contributed by atoms with van der Waals surface area (Å²) in [5.74, 6) is 0.751. The second-order valence-corrected chi connectivity index (χ2v) is 7.87. The molecule has 0 radical (unpaired) electrons. The van der Waals surface area contributed by atoms with Crippen molar-refractivity contribution in [2.75, 3.05) is 31.1 Å². The number of fused-ring (bicyclic) bond motifs is 3. The van der Waals surface area contributed by atoms with E-state index in [2.05, 4.69) is 5.10 Å². The van der Waals surface area contributed by atoms with Gasteiger partial charge in [0.25, 0.3) is 0 Å². The van der Waals surface area contributed by atoms with Crippen molar-refractivity contribution in [1.29, 1.82) is 0 Å². The predicted octanol–water partition coefficient (Wildman–Crippen LogP) is 3.98. The molecule has 1 saturated heterocycles. The van der Waals surface area contributed by atoms with E-state index in [1.54, 1.807) is 16.9 Å². The van der Waals surface area contributed by atoms with E-state index < -0.39 is 17.9 Å². The third kappa shape index (κ3) is 3.62. The van der Waals surface area contributed by atoms with E-state index in [-0.39, 0.29) is 0 Å². The second kappa shape index (κ2) is 7.98. The molecule has 2 aliphatic heterocycles. The maximum atomic E-state index is 13.1. The first-order valence-corrected chi connectivity index (χ1v) is 10.4. The molecule has 5 rings (SSSR count). The molecular weight excluding hydrogens is 421 g/mol. The summed E-state index contributed by atoms with van der Waals surface area (Å²) in [5, 5.41) is 4.48. The topological polar surface area (TPSA) is 50.6 Å². The zero-order valence-corrected chi connectivity index (χ0v) is 17.1. The summed E-state index contributed by atoms with van der Waals surface area (Å²) in [6.07, 6.45) is -2.39. The molecule has 1 unspecified atom stereocenters. The maximum absolute atomic E-state index is 13.1. The number of benzene rings is 2. The van der Waals surface area contributed by atoms with E-state index >= 15 is 0 Å². The molecule has 166 valence electrons. The molecule has 32 heavy (non-hydrogen) atoms. The standard InChI is InChI=1S/C23H21F3N4O2/c24-23(25,26)17-4-3-5-18(12-17)28-8-10-29(11-9-28)21(14-31)30-22-16(13-27-30)15-32-20-7-2-1-6-19(20)22/h1-7,12-14,21H,8-11,15H2. The summed E-state index contributed by atoms with van der Waals surface area (Å²) in [5.41, 5.74) is 2.54. The Bertz CT molecular complexity index is 1140. The number of aromatic nitrogens is 2. The van der Waals surface area contributed by atoms with Crippen LogP contribution in [0.5, 0.6) is 5.75 Å². The first-order valence-electron chi connectivity index (χ1n) is 10.4. The average molecular weight is 442 g/mol. The second-order valence-electron chi connectivity index (χ2n) is 7.87. The lowest BCUT2D eigenvalue weighted by Gasteiger charge is -2.39. The molecule has 1 fully saturated rings. The van der Waals surface area contributed by atoms with Gasteiger partial charge in [-0.1, -0.05) is 18.2 Å². The Balaban J connectivity index is 1.36. The first-order chi connectivity index (χ1) is 15.5. The van der Waals surface area contributed by atoms with Gasteiger partial charge in [-0.05, 0) is 30.3 Å². The summed E-state index contributed by atoms with van der Waals surface area (Å²) in [7, 11) is 0. The van der Waals surface area contributed by atoms with Gasteiger partial charge in [0.15, 0.2) is 12.5 Å². The Kier molecular flexibility index (Phi) is 5.13. The number of alkyl halides is 3. The molecule has 0 amide bonds. The fraction of sp³-hybridized carbons (Fsp3) is 0.304. The van der Waals surface area contributed by atoms with Gasteiger partial charge < -0.3 is 9.64 Å². The fourth-order valence-electron chi connectivity index (χ4n) is 4.37. The SMILES string of the molecule is O=CC(N1CCN(c2cccc(C(F)(F)F)c2)CC1)n1ncc2c1-c1ccccc1OC2. The third-order valence-electron chi connectivity index (χ3n) is 6.00. The van der Waals surface area contributed by atoms with Crippen molar-refractivity contribution in [2.45, 2.75) is 18.9 Å². The van der Waals surface area contributed by atoms with E-state index in [1.165, 1.54) is 12.1 Å². The van der Waals surface area contributed by atoms with Crippen molar-refractivity contribution < 1.29 is 22.7 Å². The van der Waals surface area contributed by atoms with Crippen LogP contribution in [0.1, 0.15) is 17.3 Å². The first kappa shape index (κ1) is 20.6. The fourth-order valence-corrected chi connectivity index (χ4v) is 4.37. The van der Waals surface area contributed by atoms with Gasteiger partial charge in [0.05, 0.1) is 17.5 Å². The molecule has 1 atom stereocenters. The highest BCUT2D eigenvalue weighted by Gasteiger charge is 2.33. The number of hydrogen-bond acceptors (Lipinski definition) is 5. The highest BCUT2D eigenvalue weighted by molar-refractivity contribution is 5.73. The highest BCUT2D eigenvalue weighted by atomic mass is 19.4. The number of carbonyl (C=O) groups excluding carboxylic acids is 1. The maximum Gasteiger partial charge on any atom is 0.416 e. The van der Waals surface area contributed by atoms with Gasteiger partial charge in [-0.3, -0.25) is 9.69 Å². The smallest absolute Gasteiger partial charge is 0.416 e. The number of nitrogens with zero attached hydrogens (tertiary/aromatic N) is 4. The predicted molar refractivity (Wildman–Crippen MR) is 112 cm³/mol. The van der Waals surface area contributed by atoms with E-state index in [9.17, 15) is 18.0 Å². The molecule has 0 aliphatic carbocycles. The van der Waals surface area contributed by atoms with Gasteiger partial charge in [0.2, 0.25) is 0 Å². The number of ether oxygens (including phenoxy) is 1. The monoisotopic (exact) mass is 442 g/mol. The van der Waals surface area contributed by atoms with E-state index in [1.807, 2.05) is 34.1 Å². The Labute approximate surface area is 182 Å². The molecule has 3 aromatic rings. The van der Waals surface area contributed by atoms with Crippen LogP contribution in [0.25, 0.3) is 11.3 Å². The number of para-hydroxylation sites is 1. The van der Waals surface area contributed by atoms with Crippen LogP contribution >= 0.6 is 0 Å². The Hall–Kier alpha value is -3.33. The number of anilines is 1. The van der Waals surface area contributed by atoms with Crippen molar-refractivity contribution in [3.8, 4) is 17.0 Å². The van der Waals surface area contributed by atoms with Crippen molar-refractivity contribution in [2.24, 2.45) is 0 Å². The lowest BCUT2D eigenvalue weighted by Crippen LogP contribution is -2.49. The number of hydrogen-bond donors (Lipinski definition) is 0. The Morgan fingerprint density at radius 2 is 1.81 bits per heavy atom. The van der Waals surface area contributed by atoms with Gasteiger partial charge in [0.1, 0.15) is 12.4 Å². The minimum atomic E-state index is -4.38. The normalized spacial score (nSPS) is 17.3. The summed E-state index contributed by atoms with van der Waals surface area (Å²) < 4.78 is 46.7. The molecular formula is C23H21F3N4O2. The number of halogens is 3. The van der Waals surface area contributed by atoms with Crippen LogP contribution in [0.15, 0.2) is 54.7 Å². The lowest BCUT2D eigenvalue weighted by atomic mass is 10.0. The molecule has 9 heteroatoms. The number of rotatable bonds is 4. The number of aldehydes is 1. The van der Waals surface area contributed by atoms with Crippen LogP contribution in [0.4, 0.5) is 18.9 Å². The summed E-state index contributed by atoms with van der Waals surface area (Å²) >= 11 is 0.